The number of nitrogens with one attached hydrogen (secondary N) is 1. The van der Waals surface area contributed by atoms with Gasteiger partial charge in [0.15, 0.2) is 0 Å². The lowest BCUT2D eigenvalue weighted by Crippen LogP contribution is -2.33. The van der Waals surface area contributed by atoms with Gasteiger partial charge in [-0.15, -0.1) is 0 Å². The van der Waals surface area contributed by atoms with Gasteiger partial charge in [0, 0.05) is 5.69 Å². The molecule has 0 unspecified atom stereocenters. The molecule has 1 aliphatic heterocycles. The van der Waals surface area contributed by atoms with Gasteiger partial charge in [0.25, 0.3) is 5.91 Å². The molecule has 11 heteroatoms. The number of rotatable bonds is 4. The first-order chi connectivity index (χ1) is 13.8. The van der Waals surface area contributed by atoms with E-state index >= 15 is 0 Å². The van der Waals surface area contributed by atoms with Crippen molar-refractivity contribution >= 4 is 50.8 Å². The van der Waals surface area contributed by atoms with Crippen LogP contribution in [-0.4, -0.2) is 42.2 Å². The monoisotopic (exact) mass is 452 g/mol. The first-order valence-corrected chi connectivity index (χ1v) is 10.6. The van der Waals surface area contributed by atoms with Crippen LogP contribution in [0.2, 0.25) is 5.02 Å². The number of hydrogen-bond acceptors (Lipinski definition) is 6. The second kappa shape index (κ2) is 7.29. The van der Waals surface area contributed by atoms with Gasteiger partial charge >= 0.3 is 5.97 Å². The van der Waals surface area contributed by atoms with Gasteiger partial charge in [-0.1, -0.05) is 11.6 Å². The van der Waals surface area contributed by atoms with Gasteiger partial charge in [0.1, 0.15) is 11.3 Å². The number of sulfonamides is 1. The highest BCUT2D eigenvalue weighted by Gasteiger charge is 2.50. The molecular formula is C19H17ClN2O7S. The Hall–Kier alpha value is -3.11. The first kappa shape index (κ1) is 21.6. The first-order valence-electron chi connectivity index (χ1n) is 8.58. The van der Waals surface area contributed by atoms with E-state index in [4.69, 9.17) is 16.7 Å². The quantitative estimate of drug-likeness (QED) is 0.605. The number of carbonyl (C=O) groups excluding carboxylic acids is 2. The fraction of sp³-hybridized carbons (Fsp3) is 0.211. The van der Waals surface area contributed by atoms with Gasteiger partial charge in [0.2, 0.25) is 15.9 Å². The van der Waals surface area contributed by atoms with Crippen LogP contribution in [0, 0.1) is 5.41 Å². The molecule has 3 rings (SSSR count). The molecule has 1 saturated heterocycles. The van der Waals surface area contributed by atoms with E-state index < -0.39 is 44.5 Å². The topological polar surface area (TPSA) is 141 Å². The van der Waals surface area contributed by atoms with Crippen LogP contribution in [0.4, 0.5) is 11.4 Å². The molecule has 0 radical (unpaired) electrons. The summed E-state index contributed by atoms with van der Waals surface area (Å²) in [6, 6.07) is 7.23. The van der Waals surface area contributed by atoms with Crippen molar-refractivity contribution in [3.8, 4) is 5.75 Å². The number of carboxylic acid groups (broad SMARTS) is 1. The van der Waals surface area contributed by atoms with Crippen molar-refractivity contribution in [3.63, 3.8) is 0 Å². The summed E-state index contributed by atoms with van der Waals surface area (Å²) in [4.78, 5) is 36.4. The lowest BCUT2D eigenvalue weighted by molar-refractivity contribution is -0.123. The van der Waals surface area contributed by atoms with Gasteiger partial charge in [-0.3, -0.25) is 9.59 Å². The number of aromatic carboxylic acids is 1. The summed E-state index contributed by atoms with van der Waals surface area (Å²) in [6.07, 6.45) is 0. The Morgan fingerprint density at radius 2 is 1.80 bits per heavy atom. The average molecular weight is 453 g/mol. The Morgan fingerprint density at radius 1 is 1.13 bits per heavy atom. The van der Waals surface area contributed by atoms with Crippen LogP contribution < -0.4 is 9.62 Å². The third-order valence-corrected chi connectivity index (χ3v) is 6.85. The third kappa shape index (κ3) is 3.83. The number of benzene rings is 2. The molecule has 0 aliphatic carbocycles. The van der Waals surface area contributed by atoms with Crippen LogP contribution in [0.1, 0.15) is 34.6 Å². The van der Waals surface area contributed by atoms with Crippen molar-refractivity contribution in [2.24, 2.45) is 5.41 Å². The standard InChI is InChI=1S/C19H17ClN2O7S/c1-19(2)9-30(28,29)22(18(19)27)11-4-5-14(20)12(8-11)16(24)21-10-3-6-15(23)13(7-10)17(25)26/h3-8,23H,9H2,1-2H3,(H,21,24)(H,25,26). The number of anilines is 2. The molecule has 158 valence electrons. The Morgan fingerprint density at radius 3 is 2.37 bits per heavy atom. The lowest BCUT2D eigenvalue weighted by Gasteiger charge is -2.18. The Kier molecular flexibility index (Phi) is 5.25. The molecule has 2 amide bonds. The zero-order valence-corrected chi connectivity index (χ0v) is 17.4. The number of carboxylic acids is 1. The van der Waals surface area contributed by atoms with Crippen molar-refractivity contribution in [1.82, 2.24) is 0 Å². The third-order valence-electron chi connectivity index (χ3n) is 4.50. The van der Waals surface area contributed by atoms with Gasteiger partial charge in [-0.05, 0) is 50.2 Å². The van der Waals surface area contributed by atoms with Crippen molar-refractivity contribution in [2.45, 2.75) is 13.8 Å². The van der Waals surface area contributed by atoms with Crippen LogP contribution in [0.25, 0.3) is 0 Å². The second-order valence-electron chi connectivity index (χ2n) is 7.37. The number of nitrogens with zero attached hydrogens (tertiary/aromatic N) is 1. The SMILES string of the molecule is CC1(C)CS(=O)(=O)N(c2ccc(Cl)c(C(=O)Nc3ccc(O)c(C(=O)O)c3)c2)C1=O. The number of hydrogen-bond donors (Lipinski definition) is 3. The summed E-state index contributed by atoms with van der Waals surface area (Å²) in [5.74, 6) is -3.60. The van der Waals surface area contributed by atoms with Crippen LogP contribution in [0.5, 0.6) is 5.75 Å². The van der Waals surface area contributed by atoms with E-state index in [2.05, 4.69) is 5.32 Å². The molecule has 3 N–H and O–H groups in total. The molecule has 30 heavy (non-hydrogen) atoms. The zero-order valence-electron chi connectivity index (χ0n) is 15.8. The Balaban J connectivity index is 1.97. The van der Waals surface area contributed by atoms with Crippen molar-refractivity contribution in [1.29, 1.82) is 0 Å². The van der Waals surface area contributed by atoms with Crippen LogP contribution >= 0.6 is 11.6 Å². The molecule has 0 aromatic heterocycles. The van der Waals surface area contributed by atoms with Crippen LogP contribution in [0.3, 0.4) is 0 Å². The summed E-state index contributed by atoms with van der Waals surface area (Å²) in [7, 11) is -3.92. The molecule has 2 aromatic rings. The molecule has 9 nitrogen and oxygen atoms in total. The maximum Gasteiger partial charge on any atom is 0.339 e. The summed E-state index contributed by atoms with van der Waals surface area (Å²) >= 11 is 6.09. The number of aromatic hydroxyl groups is 1. The van der Waals surface area contributed by atoms with Gasteiger partial charge in [0.05, 0.1) is 27.4 Å². The van der Waals surface area contributed by atoms with Crippen molar-refractivity contribution in [2.75, 3.05) is 15.4 Å². The van der Waals surface area contributed by atoms with E-state index in [-0.39, 0.29) is 27.7 Å². The molecule has 0 bridgehead atoms. The number of phenols is 1. The molecule has 0 spiro atoms. The molecule has 1 fully saturated rings. The maximum absolute atomic E-state index is 12.7. The minimum atomic E-state index is -3.92. The highest BCUT2D eigenvalue weighted by Crippen LogP contribution is 2.37. The molecule has 0 atom stereocenters. The fourth-order valence-electron chi connectivity index (χ4n) is 3.06. The van der Waals surface area contributed by atoms with E-state index in [0.717, 1.165) is 12.1 Å². The molecular weight excluding hydrogens is 436 g/mol. The fourth-order valence-corrected chi connectivity index (χ4v) is 5.36. The molecule has 1 heterocycles. The highest BCUT2D eigenvalue weighted by atomic mass is 35.5. The summed E-state index contributed by atoms with van der Waals surface area (Å²) in [5.41, 5.74) is -1.60. The lowest BCUT2D eigenvalue weighted by atomic mass is 9.95. The number of halogens is 1. The smallest absolute Gasteiger partial charge is 0.339 e. The minimum Gasteiger partial charge on any atom is -0.507 e. The second-order valence-corrected chi connectivity index (χ2v) is 9.59. The van der Waals surface area contributed by atoms with Crippen molar-refractivity contribution in [3.05, 3.63) is 52.5 Å². The van der Waals surface area contributed by atoms with Gasteiger partial charge in [-0.25, -0.2) is 17.5 Å². The van der Waals surface area contributed by atoms with E-state index in [1.165, 1.54) is 38.1 Å². The number of carbonyl (C=O) groups is 3. The van der Waals surface area contributed by atoms with Crippen LogP contribution in [-0.2, 0) is 14.8 Å². The molecule has 0 saturated carbocycles. The largest absolute Gasteiger partial charge is 0.507 e. The van der Waals surface area contributed by atoms with Crippen LogP contribution in [0.15, 0.2) is 36.4 Å². The molecule has 1 aliphatic rings. The Labute approximate surface area is 176 Å². The van der Waals surface area contributed by atoms with E-state index in [1.54, 1.807) is 0 Å². The Bertz CT molecular complexity index is 1190. The van der Waals surface area contributed by atoms with E-state index in [9.17, 15) is 27.9 Å². The zero-order chi connectivity index (χ0) is 22.4. The van der Waals surface area contributed by atoms with E-state index in [0.29, 0.717) is 4.31 Å². The predicted molar refractivity (Wildman–Crippen MR) is 110 cm³/mol. The average Bonchev–Trinajstić information content (AvgIpc) is 2.79. The number of amides is 2. The van der Waals surface area contributed by atoms with Gasteiger partial charge in [-0.2, -0.15) is 0 Å². The highest BCUT2D eigenvalue weighted by molar-refractivity contribution is 7.94. The predicted octanol–water partition coefficient (Wildman–Crippen LogP) is 2.70. The summed E-state index contributed by atoms with van der Waals surface area (Å²) < 4.78 is 25.6. The maximum atomic E-state index is 12.7. The van der Waals surface area contributed by atoms with E-state index in [1.807, 2.05) is 0 Å². The summed E-state index contributed by atoms with van der Waals surface area (Å²) in [5, 5.41) is 21.1. The normalized spacial score (nSPS) is 17.0. The van der Waals surface area contributed by atoms with Crippen molar-refractivity contribution < 1.29 is 33.0 Å². The van der Waals surface area contributed by atoms with Gasteiger partial charge < -0.3 is 15.5 Å². The molecule has 2 aromatic carbocycles. The summed E-state index contributed by atoms with van der Waals surface area (Å²) in [6.45, 7) is 3.03. The minimum absolute atomic E-state index is 0.00297.